The van der Waals surface area contributed by atoms with Crippen LogP contribution in [0.3, 0.4) is 0 Å². The monoisotopic (exact) mass is 385 g/mol. The van der Waals surface area contributed by atoms with Crippen molar-refractivity contribution in [3.05, 3.63) is 39.6 Å². The van der Waals surface area contributed by atoms with Crippen molar-refractivity contribution < 1.29 is 18.8 Å². The number of aryl methyl sites for hydroxylation is 1. The van der Waals surface area contributed by atoms with Crippen molar-refractivity contribution >= 4 is 35.0 Å². The van der Waals surface area contributed by atoms with Gasteiger partial charge in [0.15, 0.2) is 0 Å². The molecule has 0 spiro atoms. The Morgan fingerprint density at radius 2 is 1.92 bits per heavy atom. The van der Waals surface area contributed by atoms with Gasteiger partial charge in [0.25, 0.3) is 5.91 Å². The molecule has 1 heterocycles. The summed E-state index contributed by atoms with van der Waals surface area (Å²) >= 11 is 12.3. The fourth-order valence-electron chi connectivity index (χ4n) is 2.14. The molecule has 1 aromatic heterocycles. The van der Waals surface area contributed by atoms with Crippen LogP contribution in [0.1, 0.15) is 16.1 Å². The Labute approximate surface area is 154 Å². The van der Waals surface area contributed by atoms with E-state index in [1.165, 1.54) is 7.11 Å². The van der Waals surface area contributed by atoms with Crippen LogP contribution in [-0.2, 0) is 9.53 Å². The van der Waals surface area contributed by atoms with Crippen molar-refractivity contribution in [1.82, 2.24) is 15.8 Å². The van der Waals surface area contributed by atoms with E-state index in [0.717, 1.165) is 0 Å². The number of methoxy groups -OCH3 is 1. The highest BCUT2D eigenvalue weighted by Gasteiger charge is 2.25. The van der Waals surface area contributed by atoms with Gasteiger partial charge in [-0.3, -0.25) is 9.59 Å². The van der Waals surface area contributed by atoms with E-state index in [1.807, 2.05) is 0 Å². The van der Waals surface area contributed by atoms with Crippen LogP contribution in [0.5, 0.6) is 0 Å². The van der Waals surface area contributed by atoms with Crippen molar-refractivity contribution in [3.8, 4) is 11.3 Å². The predicted octanol–water partition coefficient (Wildman–Crippen LogP) is 2.45. The van der Waals surface area contributed by atoms with Crippen molar-refractivity contribution in [1.29, 1.82) is 0 Å². The van der Waals surface area contributed by atoms with Gasteiger partial charge in [0, 0.05) is 19.2 Å². The predicted molar refractivity (Wildman–Crippen MR) is 93.9 cm³/mol. The molecule has 25 heavy (non-hydrogen) atoms. The summed E-state index contributed by atoms with van der Waals surface area (Å²) in [4.78, 5) is 24.2. The number of benzene rings is 1. The zero-order valence-electron chi connectivity index (χ0n) is 13.7. The van der Waals surface area contributed by atoms with Crippen LogP contribution >= 0.6 is 23.2 Å². The standard InChI is InChI=1S/C16H17Cl2N3O4/c1-9-13(16(23)20-8-12(22)19-6-7-24-2)15(21-25-9)14-10(17)4-3-5-11(14)18/h3-5H,6-8H2,1-2H3,(H,19,22)(H,20,23). The summed E-state index contributed by atoms with van der Waals surface area (Å²) in [6.07, 6.45) is 0. The third kappa shape index (κ3) is 4.72. The summed E-state index contributed by atoms with van der Waals surface area (Å²) in [6.45, 7) is 2.15. The van der Waals surface area contributed by atoms with E-state index >= 15 is 0 Å². The maximum Gasteiger partial charge on any atom is 0.257 e. The zero-order chi connectivity index (χ0) is 18.4. The molecule has 2 amide bonds. The molecule has 1 aromatic carbocycles. The SMILES string of the molecule is COCCNC(=O)CNC(=O)c1c(-c2c(Cl)cccc2Cl)noc1C. The second-order valence-electron chi connectivity index (χ2n) is 5.08. The number of rotatable bonds is 7. The van der Waals surface area contributed by atoms with Gasteiger partial charge in [-0.25, -0.2) is 0 Å². The highest BCUT2D eigenvalue weighted by Crippen LogP contribution is 2.36. The molecule has 0 atom stereocenters. The van der Waals surface area contributed by atoms with Gasteiger partial charge < -0.3 is 19.9 Å². The highest BCUT2D eigenvalue weighted by molar-refractivity contribution is 6.39. The lowest BCUT2D eigenvalue weighted by Gasteiger charge is -2.08. The first-order valence-electron chi connectivity index (χ1n) is 7.40. The second-order valence-corrected chi connectivity index (χ2v) is 5.90. The van der Waals surface area contributed by atoms with Gasteiger partial charge in [-0.05, 0) is 19.1 Å². The molecular formula is C16H17Cl2N3O4. The van der Waals surface area contributed by atoms with E-state index in [4.69, 9.17) is 32.5 Å². The van der Waals surface area contributed by atoms with Gasteiger partial charge in [-0.2, -0.15) is 0 Å². The smallest absolute Gasteiger partial charge is 0.257 e. The van der Waals surface area contributed by atoms with Crippen LogP contribution < -0.4 is 10.6 Å². The number of halogens is 2. The van der Waals surface area contributed by atoms with Crippen molar-refractivity contribution in [2.75, 3.05) is 26.8 Å². The minimum absolute atomic E-state index is 0.180. The van der Waals surface area contributed by atoms with Crippen molar-refractivity contribution in [3.63, 3.8) is 0 Å². The molecule has 2 aromatic rings. The summed E-state index contributed by atoms with van der Waals surface area (Å²) in [5, 5.41) is 9.70. The van der Waals surface area contributed by atoms with Gasteiger partial charge in [0.2, 0.25) is 5.91 Å². The number of carbonyl (C=O) groups excluding carboxylic acids is 2. The molecule has 0 saturated carbocycles. The second kappa shape index (κ2) is 8.84. The molecule has 0 aliphatic carbocycles. The molecule has 0 unspecified atom stereocenters. The first kappa shape index (κ1) is 19.2. The highest BCUT2D eigenvalue weighted by atomic mass is 35.5. The number of aromatic nitrogens is 1. The molecule has 7 nitrogen and oxygen atoms in total. The number of nitrogens with one attached hydrogen (secondary N) is 2. The number of ether oxygens (including phenoxy) is 1. The largest absolute Gasteiger partial charge is 0.383 e. The Morgan fingerprint density at radius 3 is 2.56 bits per heavy atom. The number of hydrogen-bond donors (Lipinski definition) is 2. The molecule has 9 heteroatoms. The van der Waals surface area contributed by atoms with Crippen LogP contribution in [0, 0.1) is 6.92 Å². The maximum atomic E-state index is 12.5. The fourth-order valence-corrected chi connectivity index (χ4v) is 2.71. The summed E-state index contributed by atoms with van der Waals surface area (Å²) < 4.78 is 9.95. The molecule has 0 bridgehead atoms. The van der Waals surface area contributed by atoms with Crippen LogP contribution in [0.2, 0.25) is 10.0 Å². The lowest BCUT2D eigenvalue weighted by Crippen LogP contribution is -2.38. The molecule has 0 aliphatic rings. The van der Waals surface area contributed by atoms with Gasteiger partial charge in [0.1, 0.15) is 17.0 Å². The lowest BCUT2D eigenvalue weighted by atomic mass is 10.1. The average Bonchev–Trinajstić information content (AvgIpc) is 2.94. The summed E-state index contributed by atoms with van der Waals surface area (Å²) in [6, 6.07) is 4.96. The number of hydrogen-bond acceptors (Lipinski definition) is 5. The van der Waals surface area contributed by atoms with E-state index in [-0.39, 0.29) is 23.7 Å². The van der Waals surface area contributed by atoms with Crippen LogP contribution in [0.25, 0.3) is 11.3 Å². The Hall–Kier alpha value is -2.09. The third-order valence-corrected chi connectivity index (χ3v) is 3.96. The summed E-state index contributed by atoms with van der Waals surface area (Å²) in [7, 11) is 1.53. The van der Waals surface area contributed by atoms with Crippen LogP contribution in [0.15, 0.2) is 22.7 Å². The molecule has 0 saturated heterocycles. The van der Waals surface area contributed by atoms with E-state index in [1.54, 1.807) is 25.1 Å². The molecular weight excluding hydrogens is 369 g/mol. The number of amides is 2. The van der Waals surface area contributed by atoms with E-state index in [0.29, 0.717) is 34.5 Å². The molecule has 0 radical (unpaired) electrons. The lowest BCUT2D eigenvalue weighted by molar-refractivity contribution is -0.120. The first-order valence-corrected chi connectivity index (χ1v) is 8.15. The van der Waals surface area contributed by atoms with E-state index < -0.39 is 5.91 Å². The minimum atomic E-state index is -0.508. The van der Waals surface area contributed by atoms with Gasteiger partial charge in [0.05, 0.1) is 23.2 Å². The number of nitrogens with zero attached hydrogens (tertiary/aromatic N) is 1. The Bertz CT molecular complexity index is 756. The molecule has 2 rings (SSSR count). The van der Waals surface area contributed by atoms with Crippen molar-refractivity contribution in [2.24, 2.45) is 0 Å². The Kier molecular flexibility index (Phi) is 6.81. The molecule has 134 valence electrons. The van der Waals surface area contributed by atoms with Crippen LogP contribution in [0.4, 0.5) is 0 Å². The summed E-state index contributed by atoms with van der Waals surface area (Å²) in [5.41, 5.74) is 0.808. The number of carbonyl (C=O) groups is 2. The molecule has 2 N–H and O–H groups in total. The topological polar surface area (TPSA) is 93.5 Å². The average molecular weight is 386 g/mol. The van der Waals surface area contributed by atoms with E-state index in [9.17, 15) is 9.59 Å². The Balaban J connectivity index is 2.16. The Morgan fingerprint density at radius 1 is 1.24 bits per heavy atom. The van der Waals surface area contributed by atoms with E-state index in [2.05, 4.69) is 15.8 Å². The normalized spacial score (nSPS) is 10.6. The fraction of sp³-hybridized carbons (Fsp3) is 0.312. The third-order valence-electron chi connectivity index (χ3n) is 3.33. The van der Waals surface area contributed by atoms with Crippen molar-refractivity contribution in [2.45, 2.75) is 6.92 Å². The van der Waals surface area contributed by atoms with Gasteiger partial charge in [-0.15, -0.1) is 0 Å². The van der Waals surface area contributed by atoms with Gasteiger partial charge >= 0.3 is 0 Å². The summed E-state index contributed by atoms with van der Waals surface area (Å²) in [5.74, 6) is -0.549. The molecule has 0 aliphatic heterocycles. The molecule has 0 fully saturated rings. The quantitative estimate of drug-likeness (QED) is 0.713. The van der Waals surface area contributed by atoms with Crippen LogP contribution in [-0.4, -0.2) is 43.8 Å². The zero-order valence-corrected chi connectivity index (χ0v) is 15.2. The minimum Gasteiger partial charge on any atom is -0.383 e. The maximum absolute atomic E-state index is 12.5. The van der Waals surface area contributed by atoms with Gasteiger partial charge in [-0.1, -0.05) is 34.4 Å². The first-order chi connectivity index (χ1) is 12.0.